The Morgan fingerprint density at radius 2 is 1.10 bits per heavy atom. The van der Waals surface area contributed by atoms with Crippen molar-refractivity contribution in [1.82, 2.24) is 0 Å². The second-order valence-electron chi connectivity index (χ2n) is 8.36. The fraction of sp³-hybridized carbons (Fsp3) is 1.00. The monoisotopic (exact) mass is 310 g/mol. The Kier molecular flexibility index (Phi) is 6.91. The average Bonchev–Trinajstić information content (AvgIpc) is 2.11. The van der Waals surface area contributed by atoms with Crippen LogP contribution in [0.5, 0.6) is 0 Å². The number of hydrogen-bond donors (Lipinski definition) is 0. The predicted octanol–water partition coefficient (Wildman–Crippen LogP) is 2.42. The van der Waals surface area contributed by atoms with Crippen LogP contribution < -0.4 is 0 Å². The standard InChI is InChI=1S/C14H35N2O3P/c1-14(2,3)20(17,18-12-10-15(4,5)6)19-13-11-16(7,8)9/h10-13H2,1-9H3/q+2. The van der Waals surface area contributed by atoms with E-state index >= 15 is 0 Å². The third-order valence-electron chi connectivity index (χ3n) is 2.87. The number of nitrogens with zero attached hydrogens (tertiary/aromatic N) is 2. The maximum atomic E-state index is 12.9. The van der Waals surface area contributed by atoms with Crippen molar-refractivity contribution in [2.75, 3.05) is 68.6 Å². The zero-order valence-electron chi connectivity index (χ0n) is 14.9. The Morgan fingerprint density at radius 1 is 0.800 bits per heavy atom. The first kappa shape index (κ1) is 20.1. The van der Waals surface area contributed by atoms with Gasteiger partial charge in [0.25, 0.3) is 0 Å². The molecule has 0 fully saturated rings. The van der Waals surface area contributed by atoms with Crippen LogP contribution in [0.25, 0.3) is 0 Å². The smallest absolute Gasteiger partial charge is 0.329 e. The number of rotatable bonds is 8. The van der Waals surface area contributed by atoms with Crippen molar-refractivity contribution in [1.29, 1.82) is 0 Å². The number of likely N-dealkylation sites (N-methyl/N-ethyl adjacent to an activating group) is 2. The summed E-state index contributed by atoms with van der Waals surface area (Å²) in [7, 11) is 9.42. The van der Waals surface area contributed by atoms with Crippen molar-refractivity contribution in [2.45, 2.75) is 25.9 Å². The maximum absolute atomic E-state index is 12.9. The van der Waals surface area contributed by atoms with Crippen molar-refractivity contribution >= 4 is 7.60 Å². The van der Waals surface area contributed by atoms with Gasteiger partial charge in [-0.1, -0.05) is 0 Å². The molecule has 0 N–H and O–H groups in total. The quantitative estimate of drug-likeness (QED) is 0.510. The van der Waals surface area contributed by atoms with Crippen LogP contribution in [-0.2, 0) is 13.6 Å². The molecule has 0 radical (unpaired) electrons. The summed E-state index contributed by atoms with van der Waals surface area (Å²) in [5.41, 5.74) is 0. The van der Waals surface area contributed by atoms with Crippen LogP contribution in [0.4, 0.5) is 0 Å². The molecule has 0 aromatic carbocycles. The molecule has 0 aliphatic carbocycles. The zero-order valence-corrected chi connectivity index (χ0v) is 15.8. The van der Waals surface area contributed by atoms with Gasteiger partial charge in [-0.05, 0) is 20.8 Å². The molecule has 0 heterocycles. The van der Waals surface area contributed by atoms with E-state index in [-0.39, 0.29) is 0 Å². The summed E-state index contributed by atoms with van der Waals surface area (Å²) in [4.78, 5) is 0. The van der Waals surface area contributed by atoms with Gasteiger partial charge in [-0.2, -0.15) is 0 Å². The predicted molar refractivity (Wildman–Crippen MR) is 85.1 cm³/mol. The van der Waals surface area contributed by atoms with Crippen LogP contribution >= 0.6 is 7.60 Å². The molecule has 0 spiro atoms. The fourth-order valence-electron chi connectivity index (χ4n) is 1.29. The minimum Gasteiger partial charge on any atom is -0.329 e. The second-order valence-corrected chi connectivity index (χ2v) is 11.2. The topological polar surface area (TPSA) is 35.5 Å². The molecule has 0 bridgehead atoms. The Hall–Kier alpha value is 0.0700. The highest BCUT2D eigenvalue weighted by Gasteiger charge is 2.40. The molecule has 5 nitrogen and oxygen atoms in total. The summed E-state index contributed by atoms with van der Waals surface area (Å²) in [5, 5.41) is -0.497. The molecule has 0 saturated heterocycles. The Bertz CT molecular complexity index is 314. The van der Waals surface area contributed by atoms with E-state index in [1.54, 1.807) is 0 Å². The van der Waals surface area contributed by atoms with E-state index in [9.17, 15) is 4.57 Å². The van der Waals surface area contributed by atoms with Gasteiger partial charge in [-0.3, -0.25) is 4.57 Å². The van der Waals surface area contributed by atoms with Crippen molar-refractivity contribution in [2.24, 2.45) is 0 Å². The first-order valence-corrected chi connectivity index (χ1v) is 8.71. The van der Waals surface area contributed by atoms with Gasteiger partial charge in [0, 0.05) is 0 Å². The lowest BCUT2D eigenvalue weighted by Crippen LogP contribution is -2.39. The Morgan fingerprint density at radius 3 is 1.30 bits per heavy atom. The number of hydrogen-bond acceptors (Lipinski definition) is 3. The van der Waals surface area contributed by atoms with Crippen LogP contribution in [0.1, 0.15) is 20.8 Å². The molecule has 0 aromatic heterocycles. The molecular weight excluding hydrogens is 275 g/mol. The molecule has 0 aromatic rings. The average molecular weight is 310 g/mol. The van der Waals surface area contributed by atoms with Crippen molar-refractivity contribution < 1.29 is 22.6 Å². The Balaban J connectivity index is 4.58. The lowest BCUT2D eigenvalue weighted by atomic mass is 10.3. The third-order valence-corrected chi connectivity index (χ3v) is 5.56. The van der Waals surface area contributed by atoms with Gasteiger partial charge in [0.1, 0.15) is 26.3 Å². The summed E-state index contributed by atoms with van der Waals surface area (Å²) in [6.07, 6.45) is 0. The zero-order chi connectivity index (χ0) is 16.2. The van der Waals surface area contributed by atoms with Crippen molar-refractivity contribution in [3.8, 4) is 0 Å². The highest BCUT2D eigenvalue weighted by molar-refractivity contribution is 7.55. The van der Waals surface area contributed by atoms with E-state index in [0.717, 1.165) is 22.1 Å². The molecule has 0 amide bonds. The van der Waals surface area contributed by atoms with Gasteiger partial charge in [0.15, 0.2) is 0 Å². The van der Waals surface area contributed by atoms with Gasteiger partial charge in [0.05, 0.1) is 47.4 Å². The van der Waals surface area contributed by atoms with E-state index in [1.165, 1.54) is 0 Å². The summed E-state index contributed by atoms with van der Waals surface area (Å²) in [5.74, 6) is 0. The lowest BCUT2D eigenvalue weighted by molar-refractivity contribution is -0.870. The highest BCUT2D eigenvalue weighted by Crippen LogP contribution is 2.59. The van der Waals surface area contributed by atoms with E-state index in [1.807, 2.05) is 20.8 Å². The van der Waals surface area contributed by atoms with E-state index in [2.05, 4.69) is 42.3 Å². The van der Waals surface area contributed by atoms with Crippen LogP contribution in [0.2, 0.25) is 0 Å². The van der Waals surface area contributed by atoms with Crippen LogP contribution in [0, 0.1) is 0 Å². The summed E-state index contributed by atoms with van der Waals surface area (Å²) < 4.78 is 25.9. The largest absolute Gasteiger partial charge is 0.336 e. The minimum atomic E-state index is -3.10. The molecule has 0 aliphatic rings. The molecule has 0 saturated carbocycles. The molecule has 20 heavy (non-hydrogen) atoms. The van der Waals surface area contributed by atoms with Crippen LogP contribution in [-0.4, -0.2) is 82.7 Å². The van der Waals surface area contributed by atoms with Gasteiger partial charge >= 0.3 is 7.60 Å². The fourth-order valence-corrected chi connectivity index (χ4v) is 2.79. The molecule has 0 rings (SSSR count). The van der Waals surface area contributed by atoms with Gasteiger partial charge < -0.3 is 18.0 Å². The minimum absolute atomic E-state index is 0.447. The Labute approximate surface area is 125 Å². The van der Waals surface area contributed by atoms with Gasteiger partial charge in [0.2, 0.25) is 0 Å². The van der Waals surface area contributed by atoms with Gasteiger partial charge in [-0.15, -0.1) is 0 Å². The highest BCUT2D eigenvalue weighted by atomic mass is 31.2. The first-order valence-electron chi connectivity index (χ1n) is 7.16. The third kappa shape index (κ3) is 8.38. The van der Waals surface area contributed by atoms with E-state index < -0.39 is 12.8 Å². The molecule has 0 unspecified atom stereocenters. The van der Waals surface area contributed by atoms with Crippen molar-refractivity contribution in [3.63, 3.8) is 0 Å². The number of quaternary nitrogens is 2. The van der Waals surface area contributed by atoms with Crippen molar-refractivity contribution in [3.05, 3.63) is 0 Å². The normalized spacial score (nSPS) is 14.7. The van der Waals surface area contributed by atoms with E-state index in [0.29, 0.717) is 13.2 Å². The SMILES string of the molecule is CC(C)(C)P(=O)(OCC[N+](C)(C)C)OCC[N+](C)(C)C. The van der Waals surface area contributed by atoms with E-state index in [4.69, 9.17) is 9.05 Å². The summed E-state index contributed by atoms with van der Waals surface area (Å²) in [6.45, 7) is 8.23. The summed E-state index contributed by atoms with van der Waals surface area (Å²) >= 11 is 0. The maximum Gasteiger partial charge on any atom is 0.336 e. The molecule has 0 aliphatic heterocycles. The van der Waals surface area contributed by atoms with Gasteiger partial charge in [-0.25, -0.2) is 0 Å². The first-order chi connectivity index (χ1) is 8.66. The molecular formula is C14H35N2O3P+2. The lowest BCUT2D eigenvalue weighted by Gasteiger charge is -2.32. The molecule has 122 valence electrons. The molecule has 0 atom stereocenters. The second kappa shape index (κ2) is 6.89. The van der Waals surface area contributed by atoms with Crippen LogP contribution in [0.15, 0.2) is 0 Å². The molecule has 6 heteroatoms. The summed E-state index contributed by atoms with van der Waals surface area (Å²) in [6, 6.07) is 0. The van der Waals surface area contributed by atoms with Crippen LogP contribution in [0.3, 0.4) is 0 Å².